The summed E-state index contributed by atoms with van der Waals surface area (Å²) in [6.07, 6.45) is 1.74. The molecule has 0 unspecified atom stereocenters. The minimum atomic E-state index is 0.832. The van der Waals surface area contributed by atoms with E-state index >= 15 is 0 Å². The van der Waals surface area contributed by atoms with Crippen molar-refractivity contribution >= 4 is 21.9 Å². The summed E-state index contributed by atoms with van der Waals surface area (Å²) in [7, 11) is 0. The van der Waals surface area contributed by atoms with Gasteiger partial charge in [0, 0.05) is 5.39 Å². The third kappa shape index (κ3) is 0.865. The maximum atomic E-state index is 5.68. The molecule has 0 fully saturated rings. The second-order valence-electron chi connectivity index (χ2n) is 3.27. The van der Waals surface area contributed by atoms with Gasteiger partial charge in [0.05, 0.1) is 11.6 Å². The number of aryl methyl sites for hydroxylation is 1. The van der Waals surface area contributed by atoms with Crippen LogP contribution in [0.25, 0.3) is 21.9 Å². The molecule has 68 valence electrons. The maximum Gasteiger partial charge on any atom is 0.160 e. The van der Waals surface area contributed by atoms with E-state index in [1.165, 1.54) is 0 Å². The summed E-state index contributed by atoms with van der Waals surface area (Å²) in [6.45, 7) is 1.90. The Hall–Kier alpha value is -1.90. The van der Waals surface area contributed by atoms with Gasteiger partial charge in [-0.1, -0.05) is 18.2 Å². The topological polar surface area (TPSA) is 38.9 Å². The van der Waals surface area contributed by atoms with E-state index in [-0.39, 0.29) is 0 Å². The molecule has 3 rings (SSSR count). The fourth-order valence-corrected chi connectivity index (χ4v) is 1.68. The molecule has 0 aliphatic heterocycles. The zero-order chi connectivity index (χ0) is 9.54. The summed E-state index contributed by atoms with van der Waals surface area (Å²) in [4.78, 5) is 0. The molecule has 0 spiro atoms. The van der Waals surface area contributed by atoms with Gasteiger partial charge in [-0.2, -0.15) is 10.2 Å². The van der Waals surface area contributed by atoms with Crippen LogP contribution in [0, 0.1) is 6.92 Å². The van der Waals surface area contributed by atoms with Gasteiger partial charge in [0.1, 0.15) is 11.3 Å². The fourth-order valence-electron chi connectivity index (χ4n) is 1.68. The first kappa shape index (κ1) is 7.50. The number of para-hydroxylation sites is 1. The number of benzene rings is 1. The summed E-state index contributed by atoms with van der Waals surface area (Å²) in [6, 6.07) is 7.94. The SMILES string of the molecule is Cc1nncc2c1oc1ccccc12. The van der Waals surface area contributed by atoms with E-state index in [0.717, 1.165) is 27.6 Å². The van der Waals surface area contributed by atoms with Crippen molar-refractivity contribution in [3.8, 4) is 0 Å². The van der Waals surface area contributed by atoms with Crippen LogP contribution in [-0.2, 0) is 0 Å². The minimum absolute atomic E-state index is 0.832. The summed E-state index contributed by atoms with van der Waals surface area (Å²) in [5, 5.41) is 10.0. The second kappa shape index (κ2) is 2.54. The highest BCUT2D eigenvalue weighted by Gasteiger charge is 2.08. The first-order valence-corrected chi connectivity index (χ1v) is 4.46. The number of nitrogens with zero attached hydrogens (tertiary/aromatic N) is 2. The zero-order valence-corrected chi connectivity index (χ0v) is 7.69. The molecule has 0 aliphatic rings. The van der Waals surface area contributed by atoms with Crippen LogP contribution < -0.4 is 0 Å². The molecular formula is C11H8N2O. The predicted octanol–water partition coefficient (Wildman–Crippen LogP) is 2.68. The summed E-state index contributed by atoms with van der Waals surface area (Å²) in [5.74, 6) is 0. The van der Waals surface area contributed by atoms with Crippen molar-refractivity contribution in [1.29, 1.82) is 0 Å². The highest BCUT2D eigenvalue weighted by Crippen LogP contribution is 2.28. The van der Waals surface area contributed by atoms with Crippen LogP contribution in [0.5, 0.6) is 0 Å². The van der Waals surface area contributed by atoms with Crippen molar-refractivity contribution in [2.75, 3.05) is 0 Å². The highest BCUT2D eigenvalue weighted by atomic mass is 16.3. The Bertz CT molecular complexity index is 613. The Balaban J connectivity index is 2.63. The van der Waals surface area contributed by atoms with Crippen molar-refractivity contribution in [2.45, 2.75) is 6.92 Å². The Labute approximate surface area is 80.4 Å². The van der Waals surface area contributed by atoms with Crippen LogP contribution in [-0.4, -0.2) is 10.2 Å². The van der Waals surface area contributed by atoms with Crippen molar-refractivity contribution in [2.24, 2.45) is 0 Å². The van der Waals surface area contributed by atoms with E-state index < -0.39 is 0 Å². The van der Waals surface area contributed by atoms with E-state index in [1.54, 1.807) is 6.20 Å². The molecule has 0 bridgehead atoms. The third-order valence-electron chi connectivity index (χ3n) is 2.36. The summed E-state index contributed by atoms with van der Waals surface area (Å²) in [5.41, 5.74) is 2.56. The lowest BCUT2D eigenvalue weighted by atomic mass is 10.2. The van der Waals surface area contributed by atoms with Crippen LogP contribution in [0.1, 0.15) is 5.69 Å². The Morgan fingerprint density at radius 1 is 1.14 bits per heavy atom. The molecule has 1 aromatic carbocycles. The number of aromatic nitrogens is 2. The number of rotatable bonds is 0. The predicted molar refractivity (Wildman–Crippen MR) is 54.0 cm³/mol. The molecular weight excluding hydrogens is 176 g/mol. The Kier molecular flexibility index (Phi) is 1.36. The average Bonchev–Trinajstić information content (AvgIpc) is 2.59. The quantitative estimate of drug-likeness (QED) is 0.539. The molecule has 3 aromatic rings. The van der Waals surface area contributed by atoms with Crippen molar-refractivity contribution in [3.63, 3.8) is 0 Å². The first-order valence-electron chi connectivity index (χ1n) is 4.46. The normalized spacial score (nSPS) is 11.2. The molecule has 3 nitrogen and oxygen atoms in total. The van der Waals surface area contributed by atoms with Gasteiger partial charge < -0.3 is 4.42 Å². The van der Waals surface area contributed by atoms with Crippen LogP contribution in [0.3, 0.4) is 0 Å². The van der Waals surface area contributed by atoms with E-state index in [9.17, 15) is 0 Å². The van der Waals surface area contributed by atoms with E-state index in [4.69, 9.17) is 4.42 Å². The van der Waals surface area contributed by atoms with Gasteiger partial charge in [0.2, 0.25) is 0 Å². The second-order valence-corrected chi connectivity index (χ2v) is 3.27. The molecule has 0 aliphatic carbocycles. The molecule has 0 amide bonds. The number of fused-ring (bicyclic) bond motifs is 3. The van der Waals surface area contributed by atoms with Crippen molar-refractivity contribution in [3.05, 3.63) is 36.2 Å². The standard InChI is InChI=1S/C11H8N2O/c1-7-11-9(6-12-13-7)8-4-2-3-5-10(8)14-11/h2-6H,1H3. The number of furan rings is 1. The monoisotopic (exact) mass is 184 g/mol. The number of hydrogen-bond donors (Lipinski definition) is 0. The van der Waals surface area contributed by atoms with Gasteiger partial charge in [-0.05, 0) is 13.0 Å². The third-order valence-corrected chi connectivity index (χ3v) is 2.36. The molecule has 0 saturated carbocycles. The smallest absolute Gasteiger partial charge is 0.160 e. The molecule has 14 heavy (non-hydrogen) atoms. The van der Waals surface area contributed by atoms with Gasteiger partial charge >= 0.3 is 0 Å². The number of hydrogen-bond acceptors (Lipinski definition) is 3. The van der Waals surface area contributed by atoms with Crippen LogP contribution in [0.4, 0.5) is 0 Å². The van der Waals surface area contributed by atoms with E-state index in [2.05, 4.69) is 10.2 Å². The molecule has 0 saturated heterocycles. The maximum absolute atomic E-state index is 5.68. The van der Waals surface area contributed by atoms with Crippen LogP contribution >= 0.6 is 0 Å². The molecule has 2 heterocycles. The van der Waals surface area contributed by atoms with Crippen LogP contribution in [0.2, 0.25) is 0 Å². The van der Waals surface area contributed by atoms with E-state index in [1.807, 2.05) is 31.2 Å². The summed E-state index contributed by atoms with van der Waals surface area (Å²) >= 11 is 0. The van der Waals surface area contributed by atoms with Gasteiger partial charge in [-0.15, -0.1) is 0 Å². The highest BCUT2D eigenvalue weighted by molar-refractivity contribution is 6.04. The lowest BCUT2D eigenvalue weighted by Gasteiger charge is -1.89. The summed E-state index contributed by atoms with van der Waals surface area (Å²) < 4.78 is 5.68. The Morgan fingerprint density at radius 3 is 2.93 bits per heavy atom. The largest absolute Gasteiger partial charge is 0.454 e. The molecule has 0 N–H and O–H groups in total. The lowest BCUT2D eigenvalue weighted by Crippen LogP contribution is -1.83. The minimum Gasteiger partial charge on any atom is -0.454 e. The zero-order valence-electron chi connectivity index (χ0n) is 7.69. The van der Waals surface area contributed by atoms with Gasteiger partial charge in [0.15, 0.2) is 5.58 Å². The van der Waals surface area contributed by atoms with Gasteiger partial charge in [-0.25, -0.2) is 0 Å². The fraction of sp³-hybridized carbons (Fsp3) is 0.0909. The van der Waals surface area contributed by atoms with Crippen molar-refractivity contribution in [1.82, 2.24) is 10.2 Å². The van der Waals surface area contributed by atoms with Gasteiger partial charge in [0.25, 0.3) is 0 Å². The van der Waals surface area contributed by atoms with Crippen molar-refractivity contribution < 1.29 is 4.42 Å². The van der Waals surface area contributed by atoms with Crippen LogP contribution in [0.15, 0.2) is 34.9 Å². The molecule has 0 atom stereocenters. The lowest BCUT2D eigenvalue weighted by molar-refractivity contribution is 0.660. The van der Waals surface area contributed by atoms with Gasteiger partial charge in [-0.3, -0.25) is 0 Å². The first-order chi connectivity index (χ1) is 6.86. The molecule has 2 aromatic heterocycles. The Morgan fingerprint density at radius 2 is 2.00 bits per heavy atom. The molecule has 0 radical (unpaired) electrons. The van der Waals surface area contributed by atoms with E-state index in [0.29, 0.717) is 0 Å². The molecule has 3 heteroatoms. The average molecular weight is 184 g/mol.